The van der Waals surface area contributed by atoms with Crippen LogP contribution in [0.4, 0.5) is 0 Å². The molecule has 3 heterocycles. The fourth-order valence-corrected chi connectivity index (χ4v) is 4.98. The number of rotatable bonds is 4. The Morgan fingerprint density at radius 1 is 1.16 bits per heavy atom. The number of pyridine rings is 1. The molecule has 0 aliphatic heterocycles. The van der Waals surface area contributed by atoms with Gasteiger partial charge in [-0.05, 0) is 42.5 Å². The highest BCUT2D eigenvalue weighted by Crippen LogP contribution is 2.34. The van der Waals surface area contributed by atoms with Crippen LogP contribution in [0.15, 0.2) is 47.5 Å². The number of methoxy groups -OCH3 is 1. The zero-order chi connectivity index (χ0) is 21.5. The summed E-state index contributed by atoms with van der Waals surface area (Å²) >= 11 is 6.08. The molecule has 2 atom stereocenters. The highest BCUT2D eigenvalue weighted by atomic mass is 35.5. The van der Waals surface area contributed by atoms with Crippen molar-refractivity contribution in [3.8, 4) is 11.1 Å². The quantitative estimate of drug-likeness (QED) is 0.437. The number of ether oxygens (including phenoxy) is 1. The summed E-state index contributed by atoms with van der Waals surface area (Å²) in [6.07, 6.45) is 8.23. The van der Waals surface area contributed by atoms with E-state index in [2.05, 4.69) is 11.9 Å². The van der Waals surface area contributed by atoms with Crippen LogP contribution in [-0.4, -0.2) is 26.3 Å². The molecule has 0 N–H and O–H groups in total. The summed E-state index contributed by atoms with van der Waals surface area (Å²) in [7, 11) is 1.64. The topological polar surface area (TPSA) is 61.4 Å². The third-order valence-corrected chi connectivity index (χ3v) is 6.70. The van der Waals surface area contributed by atoms with E-state index in [1.807, 2.05) is 41.1 Å². The molecular weight excluding hydrogens is 412 g/mol. The van der Waals surface area contributed by atoms with Crippen molar-refractivity contribution in [1.82, 2.24) is 19.2 Å². The third kappa shape index (κ3) is 3.44. The van der Waals surface area contributed by atoms with Gasteiger partial charge in [0.25, 0.3) is 5.56 Å². The van der Waals surface area contributed by atoms with E-state index in [9.17, 15) is 4.79 Å². The third-order valence-electron chi connectivity index (χ3n) is 6.45. The van der Waals surface area contributed by atoms with Gasteiger partial charge in [-0.15, -0.1) is 0 Å². The van der Waals surface area contributed by atoms with E-state index < -0.39 is 0 Å². The molecule has 0 saturated heterocycles. The van der Waals surface area contributed by atoms with E-state index in [4.69, 9.17) is 21.4 Å². The number of hydrogen-bond donors (Lipinski definition) is 0. The van der Waals surface area contributed by atoms with E-state index in [1.165, 1.54) is 12.8 Å². The van der Waals surface area contributed by atoms with Gasteiger partial charge in [0.15, 0.2) is 5.65 Å². The summed E-state index contributed by atoms with van der Waals surface area (Å²) in [6.45, 7) is 2.59. The van der Waals surface area contributed by atoms with Crippen LogP contribution in [0.1, 0.15) is 44.3 Å². The van der Waals surface area contributed by atoms with Gasteiger partial charge in [0.05, 0.1) is 28.8 Å². The van der Waals surface area contributed by atoms with Gasteiger partial charge in [-0.25, -0.2) is 9.50 Å². The van der Waals surface area contributed by atoms with Gasteiger partial charge in [-0.2, -0.15) is 5.10 Å². The maximum atomic E-state index is 13.4. The van der Waals surface area contributed by atoms with Crippen molar-refractivity contribution in [2.24, 2.45) is 5.92 Å². The molecule has 7 heteroatoms. The van der Waals surface area contributed by atoms with Crippen LogP contribution in [0.2, 0.25) is 5.02 Å². The lowest BCUT2D eigenvalue weighted by Gasteiger charge is -2.30. The summed E-state index contributed by atoms with van der Waals surface area (Å²) in [6, 6.07) is 9.83. The van der Waals surface area contributed by atoms with Crippen LogP contribution in [-0.2, 0) is 11.3 Å². The average molecular weight is 437 g/mol. The SMILES string of the molecule is COCc1nn2c(ncc3c(=O)n([C@H]4CCCC[C@H]4C)ccc32)c1-c1ccc(Cl)cc1. The normalized spacial score (nSPS) is 19.3. The van der Waals surface area contributed by atoms with E-state index in [0.29, 0.717) is 28.6 Å². The summed E-state index contributed by atoms with van der Waals surface area (Å²) in [5.41, 5.74) is 4.09. The Hall–Kier alpha value is -2.70. The Morgan fingerprint density at radius 2 is 1.94 bits per heavy atom. The largest absolute Gasteiger partial charge is 0.378 e. The Bertz CT molecular complexity index is 1310. The highest BCUT2D eigenvalue weighted by molar-refractivity contribution is 6.30. The molecule has 31 heavy (non-hydrogen) atoms. The van der Waals surface area contributed by atoms with Crippen molar-refractivity contribution in [1.29, 1.82) is 0 Å². The zero-order valence-corrected chi connectivity index (χ0v) is 18.5. The molecular formula is C24H25ClN4O2. The molecule has 1 aliphatic carbocycles. The number of hydrogen-bond acceptors (Lipinski definition) is 4. The minimum absolute atomic E-state index is 0.00230. The predicted octanol–water partition coefficient (Wildman–Crippen LogP) is 5.26. The van der Waals surface area contributed by atoms with Crippen LogP contribution in [0.3, 0.4) is 0 Å². The minimum atomic E-state index is 0.00230. The van der Waals surface area contributed by atoms with Crippen molar-refractivity contribution in [3.05, 3.63) is 63.8 Å². The Balaban J connectivity index is 1.71. The monoisotopic (exact) mass is 436 g/mol. The number of halogens is 1. The second-order valence-corrected chi connectivity index (χ2v) is 8.85. The van der Waals surface area contributed by atoms with Gasteiger partial charge in [-0.1, -0.05) is 43.5 Å². The van der Waals surface area contributed by atoms with Gasteiger partial charge in [0.2, 0.25) is 0 Å². The first-order valence-electron chi connectivity index (χ1n) is 10.7. The Kier molecular flexibility index (Phi) is 5.28. The number of nitrogens with zero attached hydrogens (tertiary/aromatic N) is 4. The fourth-order valence-electron chi connectivity index (χ4n) is 4.85. The lowest BCUT2D eigenvalue weighted by atomic mass is 9.85. The first kappa shape index (κ1) is 20.2. The van der Waals surface area contributed by atoms with Crippen molar-refractivity contribution in [2.45, 2.75) is 45.3 Å². The lowest BCUT2D eigenvalue weighted by molar-refractivity contribution is 0.181. The molecule has 0 spiro atoms. The van der Waals surface area contributed by atoms with Gasteiger partial charge in [-0.3, -0.25) is 4.79 Å². The molecule has 0 unspecified atom stereocenters. The maximum Gasteiger partial charge on any atom is 0.261 e. The first-order valence-corrected chi connectivity index (χ1v) is 11.1. The molecule has 3 aromatic heterocycles. The summed E-state index contributed by atoms with van der Waals surface area (Å²) in [4.78, 5) is 18.1. The molecule has 4 aromatic rings. The number of benzene rings is 1. The second-order valence-electron chi connectivity index (χ2n) is 8.41. The van der Waals surface area contributed by atoms with E-state index in [1.54, 1.807) is 17.8 Å². The summed E-state index contributed by atoms with van der Waals surface area (Å²) in [5, 5.41) is 6.03. The summed E-state index contributed by atoms with van der Waals surface area (Å²) in [5.74, 6) is 0.495. The molecule has 0 bridgehead atoms. The van der Waals surface area contributed by atoms with E-state index in [-0.39, 0.29) is 11.6 Å². The highest BCUT2D eigenvalue weighted by Gasteiger charge is 2.25. The standard InChI is InChI=1S/C24H25ClN4O2/c1-15-5-3-4-6-20(15)28-12-11-21-18(24(28)30)13-26-23-22(16-7-9-17(25)10-8-16)19(14-31-2)27-29(21)23/h7-13,15,20H,3-6,14H2,1-2H3/t15-,20+/m1/s1. The number of fused-ring (bicyclic) bond motifs is 3. The maximum absolute atomic E-state index is 13.4. The molecule has 6 nitrogen and oxygen atoms in total. The molecule has 1 aromatic carbocycles. The van der Waals surface area contributed by atoms with Gasteiger partial charge in [0, 0.05) is 30.6 Å². The van der Waals surface area contributed by atoms with E-state index >= 15 is 0 Å². The molecule has 0 amide bonds. The lowest BCUT2D eigenvalue weighted by Crippen LogP contribution is -2.30. The van der Waals surface area contributed by atoms with Crippen molar-refractivity contribution in [3.63, 3.8) is 0 Å². The van der Waals surface area contributed by atoms with E-state index in [0.717, 1.165) is 35.2 Å². The molecule has 1 saturated carbocycles. The van der Waals surface area contributed by atoms with Crippen LogP contribution in [0.25, 0.3) is 27.7 Å². The smallest absolute Gasteiger partial charge is 0.261 e. The second kappa shape index (κ2) is 8.09. The van der Waals surface area contributed by atoms with Gasteiger partial charge >= 0.3 is 0 Å². The summed E-state index contributed by atoms with van der Waals surface area (Å²) < 4.78 is 9.06. The van der Waals surface area contributed by atoms with Crippen molar-refractivity contribution < 1.29 is 4.74 Å². The average Bonchev–Trinajstić information content (AvgIpc) is 3.14. The molecule has 0 radical (unpaired) electrons. The van der Waals surface area contributed by atoms with Crippen LogP contribution in [0.5, 0.6) is 0 Å². The Morgan fingerprint density at radius 3 is 2.68 bits per heavy atom. The van der Waals surface area contributed by atoms with Crippen LogP contribution < -0.4 is 5.56 Å². The molecule has 160 valence electrons. The molecule has 1 fully saturated rings. The van der Waals surface area contributed by atoms with Crippen LogP contribution >= 0.6 is 11.6 Å². The zero-order valence-electron chi connectivity index (χ0n) is 17.7. The van der Waals surface area contributed by atoms with Crippen molar-refractivity contribution in [2.75, 3.05) is 7.11 Å². The van der Waals surface area contributed by atoms with Crippen molar-refractivity contribution >= 4 is 28.2 Å². The Labute approximate surface area is 185 Å². The molecule has 1 aliphatic rings. The molecule has 5 rings (SSSR count). The van der Waals surface area contributed by atoms with Gasteiger partial charge < -0.3 is 9.30 Å². The first-order chi connectivity index (χ1) is 15.1. The van der Waals surface area contributed by atoms with Crippen LogP contribution in [0, 0.1) is 5.92 Å². The minimum Gasteiger partial charge on any atom is -0.378 e. The van der Waals surface area contributed by atoms with Gasteiger partial charge in [0.1, 0.15) is 0 Å². The fraction of sp³-hybridized carbons (Fsp3) is 0.375. The predicted molar refractivity (Wildman–Crippen MR) is 123 cm³/mol. The number of aromatic nitrogens is 4.